The number of aliphatic carboxylic acids is 1. The van der Waals surface area contributed by atoms with Gasteiger partial charge >= 0.3 is 23.9 Å². The Bertz CT molecular complexity index is 974. The maximum atomic E-state index is 12.5. The summed E-state index contributed by atoms with van der Waals surface area (Å²) < 4.78 is 16.5. The van der Waals surface area contributed by atoms with Crippen LogP contribution in [-0.4, -0.2) is 40.6 Å². The third-order valence-corrected chi connectivity index (χ3v) is 6.77. The van der Waals surface area contributed by atoms with Crippen LogP contribution in [0.15, 0.2) is 18.2 Å². The van der Waals surface area contributed by atoms with Gasteiger partial charge in [-0.1, -0.05) is 52.5 Å². The molecular formula is C30H47NO8. The number of unbranched alkanes of at least 4 members (excludes halogenated alkanes) is 4. The van der Waals surface area contributed by atoms with Gasteiger partial charge in [0.25, 0.3) is 0 Å². The molecule has 0 heterocycles. The van der Waals surface area contributed by atoms with Crippen LogP contribution >= 0.6 is 0 Å². The van der Waals surface area contributed by atoms with Crippen LogP contribution in [0.5, 0.6) is 11.5 Å². The molecule has 0 aliphatic heterocycles. The van der Waals surface area contributed by atoms with E-state index in [0.717, 1.165) is 25.7 Å². The zero-order valence-electron chi connectivity index (χ0n) is 24.5. The quantitative estimate of drug-likeness (QED) is 0.133. The lowest BCUT2D eigenvalue weighted by atomic mass is 9.86. The van der Waals surface area contributed by atoms with E-state index in [1.165, 1.54) is 12.1 Å². The average molecular weight is 550 g/mol. The first kappa shape index (κ1) is 34.1. The molecule has 1 unspecified atom stereocenters. The Kier molecular flexibility index (Phi) is 14.2. The van der Waals surface area contributed by atoms with Crippen LogP contribution in [0.4, 0.5) is 0 Å². The van der Waals surface area contributed by atoms with Crippen LogP contribution in [-0.2, 0) is 30.3 Å². The second-order valence-electron chi connectivity index (χ2n) is 10.9. The number of hydrogen-bond donors (Lipinski definition) is 2. The molecule has 9 nitrogen and oxygen atoms in total. The number of nitrogens with two attached hydrogens (primary N) is 1. The van der Waals surface area contributed by atoms with Gasteiger partial charge in [0.05, 0.1) is 5.41 Å². The zero-order chi connectivity index (χ0) is 29.6. The fourth-order valence-corrected chi connectivity index (χ4v) is 3.85. The number of esters is 3. The summed E-state index contributed by atoms with van der Waals surface area (Å²) in [5.41, 5.74) is 4.33. The molecule has 220 valence electrons. The van der Waals surface area contributed by atoms with Gasteiger partial charge in [0, 0.05) is 25.7 Å². The molecule has 1 aromatic carbocycles. The number of carboxylic acids is 1. The van der Waals surface area contributed by atoms with Gasteiger partial charge in [-0.15, -0.1) is 0 Å². The van der Waals surface area contributed by atoms with E-state index in [1.54, 1.807) is 26.8 Å². The van der Waals surface area contributed by atoms with Gasteiger partial charge in [0.2, 0.25) is 0 Å². The van der Waals surface area contributed by atoms with Crippen molar-refractivity contribution in [2.45, 2.75) is 124 Å². The van der Waals surface area contributed by atoms with E-state index < -0.39 is 40.9 Å². The highest BCUT2D eigenvalue weighted by molar-refractivity contribution is 5.80. The highest BCUT2D eigenvalue weighted by atomic mass is 16.6. The van der Waals surface area contributed by atoms with Gasteiger partial charge < -0.3 is 25.1 Å². The third kappa shape index (κ3) is 11.8. The van der Waals surface area contributed by atoms with Crippen LogP contribution in [0, 0.1) is 5.41 Å². The largest absolute Gasteiger partial charge is 0.480 e. The summed E-state index contributed by atoms with van der Waals surface area (Å²) in [6.45, 7) is 11.1. The molecule has 2 atom stereocenters. The number of hydrogen-bond acceptors (Lipinski definition) is 8. The van der Waals surface area contributed by atoms with Crippen LogP contribution < -0.4 is 15.2 Å². The maximum absolute atomic E-state index is 12.5. The van der Waals surface area contributed by atoms with Crippen molar-refractivity contribution in [2.24, 2.45) is 11.1 Å². The van der Waals surface area contributed by atoms with Gasteiger partial charge in [0.15, 0.2) is 11.5 Å². The van der Waals surface area contributed by atoms with Crippen molar-refractivity contribution in [3.8, 4) is 11.5 Å². The number of rotatable bonds is 18. The van der Waals surface area contributed by atoms with Crippen LogP contribution in [0.1, 0.15) is 111 Å². The van der Waals surface area contributed by atoms with Crippen molar-refractivity contribution in [3.05, 3.63) is 23.8 Å². The Labute approximate surface area is 232 Å². The molecule has 0 spiro atoms. The molecule has 9 heteroatoms. The lowest BCUT2D eigenvalue weighted by molar-refractivity contribution is -0.162. The molecule has 1 rings (SSSR count). The van der Waals surface area contributed by atoms with Crippen molar-refractivity contribution in [1.82, 2.24) is 0 Å². The van der Waals surface area contributed by atoms with Crippen LogP contribution in [0.3, 0.4) is 0 Å². The van der Waals surface area contributed by atoms with E-state index in [4.69, 9.17) is 19.9 Å². The highest BCUT2D eigenvalue weighted by Gasteiger charge is 2.38. The summed E-state index contributed by atoms with van der Waals surface area (Å²) >= 11 is 0. The number of carbonyl (C=O) groups is 4. The molecule has 0 saturated carbocycles. The fraction of sp³-hybridized carbons (Fsp3) is 0.667. The average Bonchev–Trinajstić information content (AvgIpc) is 2.85. The third-order valence-electron chi connectivity index (χ3n) is 6.77. The summed E-state index contributed by atoms with van der Waals surface area (Å²) in [4.78, 5) is 49.5. The Morgan fingerprint density at radius 3 is 1.92 bits per heavy atom. The predicted octanol–water partition coefficient (Wildman–Crippen LogP) is 5.74. The zero-order valence-corrected chi connectivity index (χ0v) is 24.5. The number of carbonyl (C=O) groups excluding carboxylic acids is 3. The summed E-state index contributed by atoms with van der Waals surface area (Å²) in [7, 11) is 0. The highest BCUT2D eigenvalue weighted by Crippen LogP contribution is 2.32. The minimum atomic E-state index is -1.77. The van der Waals surface area contributed by atoms with E-state index in [9.17, 15) is 24.3 Å². The SMILES string of the molecule is CCCCCC(=O)Oc1ccc(CC(N)(C[C@H](C)OC(=O)C(C)(C)CC)C(=O)O)cc1OC(=O)CCCCC. The molecule has 39 heavy (non-hydrogen) atoms. The van der Waals surface area contributed by atoms with E-state index in [1.807, 2.05) is 20.8 Å². The van der Waals surface area contributed by atoms with Gasteiger partial charge in [-0.25, -0.2) is 0 Å². The summed E-state index contributed by atoms with van der Waals surface area (Å²) in [5.74, 6) is -2.47. The molecule has 0 radical (unpaired) electrons. The molecule has 1 aromatic rings. The first-order chi connectivity index (χ1) is 18.3. The number of carboxylic acid groups (broad SMARTS) is 1. The van der Waals surface area contributed by atoms with E-state index in [-0.39, 0.29) is 37.2 Å². The second-order valence-corrected chi connectivity index (χ2v) is 10.9. The van der Waals surface area contributed by atoms with E-state index in [0.29, 0.717) is 24.8 Å². The first-order valence-electron chi connectivity index (χ1n) is 14.1. The molecule has 0 aliphatic rings. The summed E-state index contributed by atoms with van der Waals surface area (Å²) in [6.07, 6.45) is 5.02. The Morgan fingerprint density at radius 1 is 0.897 bits per heavy atom. The molecule has 0 saturated heterocycles. The lowest BCUT2D eigenvalue weighted by Crippen LogP contribution is -2.52. The molecular weight excluding hydrogens is 502 g/mol. The number of ether oxygens (including phenoxy) is 3. The van der Waals surface area contributed by atoms with E-state index in [2.05, 4.69) is 0 Å². The van der Waals surface area contributed by atoms with Gasteiger partial charge in [-0.05, 0) is 57.7 Å². The Morgan fingerprint density at radius 2 is 1.44 bits per heavy atom. The normalized spacial score (nSPS) is 13.7. The minimum Gasteiger partial charge on any atom is -0.480 e. The van der Waals surface area contributed by atoms with Crippen molar-refractivity contribution >= 4 is 23.9 Å². The van der Waals surface area contributed by atoms with Gasteiger partial charge in [0.1, 0.15) is 11.6 Å². The molecule has 0 amide bonds. The molecule has 0 bridgehead atoms. The van der Waals surface area contributed by atoms with Gasteiger partial charge in [-0.3, -0.25) is 19.2 Å². The van der Waals surface area contributed by atoms with Crippen molar-refractivity contribution in [3.63, 3.8) is 0 Å². The van der Waals surface area contributed by atoms with Crippen molar-refractivity contribution < 1.29 is 38.5 Å². The first-order valence-corrected chi connectivity index (χ1v) is 14.1. The second kappa shape index (κ2) is 16.2. The summed E-state index contributed by atoms with van der Waals surface area (Å²) in [6, 6.07) is 4.55. The van der Waals surface area contributed by atoms with Crippen molar-refractivity contribution in [2.75, 3.05) is 0 Å². The summed E-state index contributed by atoms with van der Waals surface area (Å²) in [5, 5.41) is 9.97. The monoisotopic (exact) mass is 549 g/mol. The smallest absolute Gasteiger partial charge is 0.324 e. The standard InChI is InChI=1S/C30H47NO8/c1-7-10-12-14-25(32)38-23-17-16-22(18-24(23)39-26(33)15-13-11-8-2)20-30(31,27(34)35)19-21(4)37-28(36)29(5,6)9-3/h16-18,21H,7-15,19-20,31H2,1-6H3,(H,34,35)/t21-,30?/m0/s1. The van der Waals surface area contributed by atoms with E-state index >= 15 is 0 Å². The fourth-order valence-electron chi connectivity index (χ4n) is 3.85. The van der Waals surface area contributed by atoms with Gasteiger partial charge in [-0.2, -0.15) is 0 Å². The Hall–Kier alpha value is -2.94. The maximum Gasteiger partial charge on any atom is 0.324 e. The molecule has 0 fully saturated rings. The molecule has 0 aromatic heterocycles. The minimum absolute atomic E-state index is 0.0368. The van der Waals surface area contributed by atoms with Crippen LogP contribution in [0.25, 0.3) is 0 Å². The molecule has 3 N–H and O–H groups in total. The Balaban J connectivity index is 3.16. The van der Waals surface area contributed by atoms with Crippen LogP contribution in [0.2, 0.25) is 0 Å². The number of benzene rings is 1. The van der Waals surface area contributed by atoms with Crippen molar-refractivity contribution in [1.29, 1.82) is 0 Å². The topological polar surface area (TPSA) is 142 Å². The lowest BCUT2D eigenvalue weighted by Gasteiger charge is -2.30. The predicted molar refractivity (Wildman–Crippen MR) is 148 cm³/mol. The molecule has 0 aliphatic carbocycles.